The molecule has 1 amide bonds. The van der Waals surface area contributed by atoms with Crippen LogP contribution in [0, 0.1) is 5.82 Å². The van der Waals surface area contributed by atoms with Crippen LogP contribution in [0.2, 0.25) is 5.02 Å². The Morgan fingerprint density at radius 2 is 1.95 bits per heavy atom. The van der Waals surface area contributed by atoms with Crippen LogP contribution < -0.4 is 5.32 Å². The molecule has 110 valence electrons. The number of anilines is 1. The highest BCUT2D eigenvalue weighted by atomic mass is 35.5. The van der Waals surface area contributed by atoms with Gasteiger partial charge in [-0.3, -0.25) is 4.79 Å². The molecule has 0 unspecified atom stereocenters. The summed E-state index contributed by atoms with van der Waals surface area (Å²) in [7, 11) is 0. The maximum absolute atomic E-state index is 12.7. The van der Waals surface area contributed by atoms with Crippen molar-refractivity contribution in [2.45, 2.75) is 17.7 Å². The molecule has 0 fully saturated rings. The van der Waals surface area contributed by atoms with Crippen LogP contribution in [0.25, 0.3) is 0 Å². The first-order chi connectivity index (χ1) is 10.1. The number of halogens is 2. The molecule has 0 radical (unpaired) electrons. The van der Waals surface area contributed by atoms with Gasteiger partial charge in [-0.2, -0.15) is 0 Å². The lowest BCUT2D eigenvalue weighted by atomic mass is 10.3. The first-order valence-corrected chi connectivity index (χ1v) is 7.93. The Hall–Kier alpha value is -1.52. The lowest BCUT2D eigenvalue weighted by molar-refractivity contribution is -0.116. The standard InChI is InChI=1S/C16H15ClFNOS/c17-12-3-1-4-14(11-12)19-16(20)5-2-10-21-15-8-6-13(18)7-9-15/h1,3-4,6-9,11H,2,5,10H2,(H,19,20). The molecule has 21 heavy (non-hydrogen) atoms. The van der Waals surface area contributed by atoms with Crippen LogP contribution in [0.1, 0.15) is 12.8 Å². The molecule has 0 heterocycles. The number of carbonyl (C=O) groups excluding carboxylic acids is 1. The van der Waals surface area contributed by atoms with E-state index in [2.05, 4.69) is 5.32 Å². The largest absolute Gasteiger partial charge is 0.326 e. The molecule has 2 rings (SSSR count). The highest BCUT2D eigenvalue weighted by molar-refractivity contribution is 7.99. The minimum Gasteiger partial charge on any atom is -0.326 e. The zero-order valence-electron chi connectivity index (χ0n) is 11.3. The first kappa shape index (κ1) is 15.9. The molecule has 0 aromatic heterocycles. The van der Waals surface area contributed by atoms with Gasteiger partial charge in [-0.15, -0.1) is 11.8 Å². The van der Waals surface area contributed by atoms with Gasteiger partial charge >= 0.3 is 0 Å². The van der Waals surface area contributed by atoms with Crippen molar-refractivity contribution in [3.8, 4) is 0 Å². The van der Waals surface area contributed by atoms with E-state index in [-0.39, 0.29) is 11.7 Å². The van der Waals surface area contributed by atoms with E-state index in [1.54, 1.807) is 48.2 Å². The summed E-state index contributed by atoms with van der Waals surface area (Å²) in [5.41, 5.74) is 0.707. The summed E-state index contributed by atoms with van der Waals surface area (Å²) in [6, 6.07) is 13.4. The summed E-state index contributed by atoms with van der Waals surface area (Å²) in [6.07, 6.45) is 1.20. The Morgan fingerprint density at radius 1 is 1.19 bits per heavy atom. The van der Waals surface area contributed by atoms with Gasteiger partial charge < -0.3 is 5.32 Å². The predicted molar refractivity (Wildman–Crippen MR) is 86.4 cm³/mol. The predicted octanol–water partition coefficient (Wildman–Crippen LogP) is 4.99. The number of hydrogen-bond acceptors (Lipinski definition) is 2. The molecular weight excluding hydrogens is 309 g/mol. The summed E-state index contributed by atoms with van der Waals surface area (Å²) in [5, 5.41) is 3.40. The molecule has 1 N–H and O–H groups in total. The molecule has 0 aliphatic rings. The van der Waals surface area contributed by atoms with Crippen molar-refractivity contribution < 1.29 is 9.18 Å². The molecule has 0 aliphatic heterocycles. The van der Waals surface area contributed by atoms with Crippen LogP contribution in [0.3, 0.4) is 0 Å². The van der Waals surface area contributed by atoms with E-state index in [0.717, 1.165) is 17.1 Å². The SMILES string of the molecule is O=C(CCCSc1ccc(F)cc1)Nc1cccc(Cl)c1. The van der Waals surface area contributed by atoms with Crippen LogP contribution >= 0.6 is 23.4 Å². The third-order valence-corrected chi connectivity index (χ3v) is 4.07. The van der Waals surface area contributed by atoms with Crippen LogP contribution in [-0.2, 0) is 4.79 Å². The van der Waals surface area contributed by atoms with E-state index in [9.17, 15) is 9.18 Å². The van der Waals surface area contributed by atoms with Gasteiger partial charge in [0.15, 0.2) is 0 Å². The molecular formula is C16H15ClFNOS. The smallest absolute Gasteiger partial charge is 0.224 e. The van der Waals surface area contributed by atoms with Crippen molar-refractivity contribution >= 4 is 35.0 Å². The molecule has 0 atom stereocenters. The Morgan fingerprint density at radius 3 is 2.67 bits per heavy atom. The number of nitrogens with one attached hydrogen (secondary N) is 1. The molecule has 5 heteroatoms. The van der Waals surface area contributed by atoms with E-state index in [1.165, 1.54) is 12.1 Å². The minimum absolute atomic E-state index is 0.0306. The maximum atomic E-state index is 12.7. The number of amides is 1. The summed E-state index contributed by atoms with van der Waals surface area (Å²) >= 11 is 7.46. The Bertz CT molecular complexity index is 603. The molecule has 2 aromatic rings. The van der Waals surface area contributed by atoms with Crippen molar-refractivity contribution in [1.82, 2.24) is 0 Å². The quantitative estimate of drug-likeness (QED) is 0.599. The van der Waals surface area contributed by atoms with Gasteiger partial charge in [-0.1, -0.05) is 17.7 Å². The fourth-order valence-corrected chi connectivity index (χ4v) is 2.79. The summed E-state index contributed by atoms with van der Waals surface area (Å²) < 4.78 is 12.7. The van der Waals surface area contributed by atoms with Gasteiger partial charge in [0.2, 0.25) is 5.91 Å². The molecule has 2 aromatic carbocycles. The second-order valence-corrected chi connectivity index (χ2v) is 6.07. The molecule has 0 spiro atoms. The van der Waals surface area contributed by atoms with Crippen LogP contribution in [0.15, 0.2) is 53.4 Å². The number of rotatable bonds is 6. The Balaban J connectivity index is 1.68. The molecule has 0 aliphatic carbocycles. The maximum Gasteiger partial charge on any atom is 0.224 e. The fraction of sp³-hybridized carbons (Fsp3) is 0.188. The summed E-state index contributed by atoms with van der Waals surface area (Å²) in [6.45, 7) is 0. The van der Waals surface area contributed by atoms with Gasteiger partial charge in [0.25, 0.3) is 0 Å². The van der Waals surface area contributed by atoms with E-state index >= 15 is 0 Å². The zero-order chi connectivity index (χ0) is 15.1. The van der Waals surface area contributed by atoms with Crippen molar-refractivity contribution in [2.24, 2.45) is 0 Å². The monoisotopic (exact) mass is 323 g/mol. The minimum atomic E-state index is -0.236. The topological polar surface area (TPSA) is 29.1 Å². The van der Waals surface area contributed by atoms with E-state index < -0.39 is 0 Å². The molecule has 0 saturated heterocycles. The Kier molecular flexibility index (Phi) is 6.08. The fourth-order valence-electron chi connectivity index (χ4n) is 1.74. The highest BCUT2D eigenvalue weighted by Crippen LogP contribution is 2.20. The van der Waals surface area contributed by atoms with Crippen molar-refractivity contribution in [1.29, 1.82) is 0 Å². The van der Waals surface area contributed by atoms with Crippen LogP contribution in [-0.4, -0.2) is 11.7 Å². The van der Waals surface area contributed by atoms with Crippen molar-refractivity contribution in [3.05, 3.63) is 59.4 Å². The normalized spacial score (nSPS) is 10.4. The first-order valence-electron chi connectivity index (χ1n) is 6.57. The highest BCUT2D eigenvalue weighted by Gasteiger charge is 2.03. The Labute approximate surface area is 132 Å². The number of carbonyl (C=O) groups is 1. The van der Waals surface area contributed by atoms with Crippen LogP contribution in [0.4, 0.5) is 10.1 Å². The zero-order valence-corrected chi connectivity index (χ0v) is 12.9. The average Bonchev–Trinajstić information content (AvgIpc) is 2.45. The van der Waals surface area contributed by atoms with Crippen LogP contribution in [0.5, 0.6) is 0 Å². The van der Waals surface area contributed by atoms with Gasteiger partial charge in [0.05, 0.1) is 0 Å². The van der Waals surface area contributed by atoms with Gasteiger partial charge in [-0.25, -0.2) is 4.39 Å². The lowest BCUT2D eigenvalue weighted by Gasteiger charge is -2.05. The number of benzene rings is 2. The average molecular weight is 324 g/mol. The molecule has 2 nitrogen and oxygen atoms in total. The molecule has 0 bridgehead atoms. The third kappa shape index (κ3) is 5.78. The van der Waals surface area contributed by atoms with Gasteiger partial charge in [-0.05, 0) is 54.6 Å². The van der Waals surface area contributed by atoms with E-state index in [0.29, 0.717) is 17.1 Å². The van der Waals surface area contributed by atoms with Gasteiger partial charge in [0.1, 0.15) is 5.82 Å². The summed E-state index contributed by atoms with van der Waals surface area (Å²) in [5.74, 6) is 0.548. The second-order valence-electron chi connectivity index (χ2n) is 4.46. The van der Waals surface area contributed by atoms with E-state index in [1.807, 2.05) is 0 Å². The van der Waals surface area contributed by atoms with E-state index in [4.69, 9.17) is 11.6 Å². The number of thioether (sulfide) groups is 1. The third-order valence-electron chi connectivity index (χ3n) is 2.74. The second kappa shape index (κ2) is 8.05. The number of hydrogen-bond donors (Lipinski definition) is 1. The van der Waals surface area contributed by atoms with Gasteiger partial charge in [0, 0.05) is 22.0 Å². The summed E-state index contributed by atoms with van der Waals surface area (Å²) in [4.78, 5) is 12.8. The lowest BCUT2D eigenvalue weighted by Crippen LogP contribution is -2.11. The van der Waals surface area contributed by atoms with Crippen molar-refractivity contribution in [3.63, 3.8) is 0 Å². The molecule has 0 saturated carbocycles. The van der Waals surface area contributed by atoms with Crippen molar-refractivity contribution in [2.75, 3.05) is 11.1 Å².